The molecule has 21 heavy (non-hydrogen) atoms. The Morgan fingerprint density at radius 1 is 1.19 bits per heavy atom. The van der Waals surface area contributed by atoms with Crippen molar-refractivity contribution in [1.29, 1.82) is 0 Å². The van der Waals surface area contributed by atoms with Crippen LogP contribution in [0.3, 0.4) is 0 Å². The Bertz CT molecular complexity index is 535. The molecule has 1 aromatic carbocycles. The summed E-state index contributed by atoms with van der Waals surface area (Å²) in [4.78, 5) is 11.0. The summed E-state index contributed by atoms with van der Waals surface area (Å²) in [6.45, 7) is 11.8. The smallest absolute Gasteiger partial charge is 0.461 e. The molecule has 0 atom stereocenters. The lowest BCUT2D eigenvalue weighted by molar-refractivity contribution is -0.142. The van der Waals surface area contributed by atoms with Gasteiger partial charge in [-0.3, -0.25) is 4.79 Å². The van der Waals surface area contributed by atoms with Gasteiger partial charge in [0.15, 0.2) is 0 Å². The molecule has 1 aliphatic rings. The number of carbonyl (C=O) groups excluding carboxylic acids is 1. The Kier molecular flexibility index (Phi) is 4.18. The van der Waals surface area contributed by atoms with Gasteiger partial charge in [0.2, 0.25) is 0 Å². The van der Waals surface area contributed by atoms with E-state index in [0.29, 0.717) is 0 Å². The SMILES string of the molecule is CC(=O)OCc1cc(B2OC(C)(C)C(C)(C)O2)ccc1C. The zero-order valence-electron chi connectivity index (χ0n) is 13.6. The van der Waals surface area contributed by atoms with Gasteiger partial charge in [-0.2, -0.15) is 0 Å². The normalized spacial score (nSPS) is 19.6. The lowest BCUT2D eigenvalue weighted by Crippen LogP contribution is -2.41. The molecular weight excluding hydrogens is 267 g/mol. The maximum atomic E-state index is 11.0. The van der Waals surface area contributed by atoms with Crippen LogP contribution in [0.2, 0.25) is 0 Å². The number of ether oxygens (including phenoxy) is 1. The average molecular weight is 290 g/mol. The van der Waals surface area contributed by atoms with E-state index < -0.39 is 7.12 Å². The third kappa shape index (κ3) is 3.30. The van der Waals surface area contributed by atoms with Crippen molar-refractivity contribution >= 4 is 18.6 Å². The molecule has 1 fully saturated rings. The molecule has 1 heterocycles. The third-order valence-electron chi connectivity index (χ3n) is 4.33. The minimum absolute atomic E-state index is 0.272. The fourth-order valence-corrected chi connectivity index (χ4v) is 2.15. The number of rotatable bonds is 3. The standard InChI is InChI=1S/C16H23BO4/c1-11-7-8-14(9-13(11)10-19-12(2)18)17-20-15(3,4)16(5,6)21-17/h7-9H,10H2,1-6H3. The van der Waals surface area contributed by atoms with Crippen molar-refractivity contribution in [3.8, 4) is 0 Å². The molecule has 1 aliphatic heterocycles. The number of carbonyl (C=O) groups is 1. The number of benzene rings is 1. The first-order valence-corrected chi connectivity index (χ1v) is 7.21. The average Bonchev–Trinajstić information content (AvgIpc) is 2.57. The molecule has 0 aromatic heterocycles. The lowest BCUT2D eigenvalue weighted by Gasteiger charge is -2.32. The van der Waals surface area contributed by atoms with E-state index in [1.165, 1.54) is 6.92 Å². The van der Waals surface area contributed by atoms with E-state index in [9.17, 15) is 4.79 Å². The van der Waals surface area contributed by atoms with Gasteiger partial charge in [0.25, 0.3) is 0 Å². The van der Waals surface area contributed by atoms with Crippen molar-refractivity contribution in [3.05, 3.63) is 29.3 Å². The summed E-state index contributed by atoms with van der Waals surface area (Å²) in [7, 11) is -0.397. The largest absolute Gasteiger partial charge is 0.494 e. The zero-order valence-corrected chi connectivity index (χ0v) is 13.6. The maximum Gasteiger partial charge on any atom is 0.494 e. The predicted octanol–water partition coefficient (Wildman–Crippen LogP) is 2.36. The lowest BCUT2D eigenvalue weighted by atomic mass is 9.78. The summed E-state index contributed by atoms with van der Waals surface area (Å²) < 4.78 is 17.2. The number of hydrogen-bond donors (Lipinski definition) is 0. The first-order valence-electron chi connectivity index (χ1n) is 7.21. The van der Waals surface area contributed by atoms with Gasteiger partial charge in [0.05, 0.1) is 11.2 Å². The molecule has 0 N–H and O–H groups in total. The van der Waals surface area contributed by atoms with Gasteiger partial charge in [-0.15, -0.1) is 0 Å². The molecule has 5 heteroatoms. The minimum atomic E-state index is -0.397. The van der Waals surface area contributed by atoms with Crippen molar-refractivity contribution in [2.24, 2.45) is 0 Å². The molecule has 0 unspecified atom stereocenters. The van der Waals surface area contributed by atoms with Gasteiger partial charge in [-0.1, -0.05) is 18.2 Å². The number of aryl methyl sites for hydroxylation is 1. The highest BCUT2D eigenvalue weighted by Gasteiger charge is 2.51. The van der Waals surface area contributed by atoms with Crippen LogP contribution in [0.25, 0.3) is 0 Å². The molecule has 2 rings (SSSR count). The first kappa shape index (κ1) is 16.1. The van der Waals surface area contributed by atoms with Crippen LogP contribution in [-0.2, 0) is 25.4 Å². The van der Waals surface area contributed by atoms with Crippen molar-refractivity contribution in [2.75, 3.05) is 0 Å². The fourth-order valence-electron chi connectivity index (χ4n) is 2.15. The van der Waals surface area contributed by atoms with Crippen LogP contribution < -0.4 is 5.46 Å². The van der Waals surface area contributed by atoms with Gasteiger partial charge < -0.3 is 14.0 Å². The Hall–Kier alpha value is -1.33. The van der Waals surface area contributed by atoms with E-state index in [-0.39, 0.29) is 23.8 Å². The second-order valence-electron chi connectivity index (χ2n) is 6.55. The molecule has 0 spiro atoms. The van der Waals surface area contributed by atoms with E-state index in [0.717, 1.165) is 16.6 Å². The number of hydrogen-bond acceptors (Lipinski definition) is 4. The molecule has 4 nitrogen and oxygen atoms in total. The third-order valence-corrected chi connectivity index (χ3v) is 4.33. The monoisotopic (exact) mass is 290 g/mol. The van der Waals surface area contributed by atoms with Crippen molar-refractivity contribution in [2.45, 2.75) is 59.4 Å². The van der Waals surface area contributed by atoms with Crippen LogP contribution in [0.5, 0.6) is 0 Å². The fraction of sp³-hybridized carbons (Fsp3) is 0.562. The van der Waals surface area contributed by atoms with E-state index >= 15 is 0 Å². The Morgan fingerprint density at radius 2 is 1.76 bits per heavy atom. The highest BCUT2D eigenvalue weighted by atomic mass is 16.7. The van der Waals surface area contributed by atoms with Crippen molar-refractivity contribution < 1.29 is 18.8 Å². The van der Waals surface area contributed by atoms with E-state index in [2.05, 4.69) is 0 Å². The second-order valence-corrected chi connectivity index (χ2v) is 6.55. The van der Waals surface area contributed by atoms with Gasteiger partial charge in [-0.05, 0) is 51.2 Å². The van der Waals surface area contributed by atoms with E-state index in [4.69, 9.17) is 14.0 Å². The van der Waals surface area contributed by atoms with Crippen LogP contribution in [0.15, 0.2) is 18.2 Å². The second kappa shape index (κ2) is 5.46. The molecular formula is C16H23BO4. The summed E-state index contributed by atoms with van der Waals surface area (Å²) in [5, 5.41) is 0. The summed E-state index contributed by atoms with van der Waals surface area (Å²) in [5.74, 6) is -0.282. The topological polar surface area (TPSA) is 44.8 Å². The Balaban J connectivity index is 2.22. The molecule has 1 aromatic rings. The molecule has 0 amide bonds. The van der Waals surface area contributed by atoms with Gasteiger partial charge in [0, 0.05) is 6.92 Å². The highest BCUT2D eigenvalue weighted by Crippen LogP contribution is 2.36. The van der Waals surface area contributed by atoms with Crippen molar-refractivity contribution in [3.63, 3.8) is 0 Å². The molecule has 114 valence electrons. The molecule has 0 aliphatic carbocycles. The summed E-state index contributed by atoms with van der Waals surface area (Å²) in [6.07, 6.45) is 0. The van der Waals surface area contributed by atoms with Crippen LogP contribution in [0.1, 0.15) is 45.7 Å². The number of esters is 1. The van der Waals surface area contributed by atoms with E-state index in [1.54, 1.807) is 0 Å². The molecule has 1 saturated heterocycles. The van der Waals surface area contributed by atoms with Crippen LogP contribution >= 0.6 is 0 Å². The predicted molar refractivity (Wildman–Crippen MR) is 82.4 cm³/mol. The van der Waals surface area contributed by atoms with E-state index in [1.807, 2.05) is 52.8 Å². The summed E-state index contributed by atoms with van der Waals surface area (Å²) in [6, 6.07) is 5.98. The maximum absolute atomic E-state index is 11.0. The molecule has 0 saturated carbocycles. The molecule has 0 radical (unpaired) electrons. The van der Waals surface area contributed by atoms with Gasteiger partial charge in [0.1, 0.15) is 6.61 Å². The molecule has 0 bridgehead atoms. The van der Waals surface area contributed by atoms with Crippen molar-refractivity contribution in [1.82, 2.24) is 0 Å². The first-order chi connectivity index (χ1) is 9.62. The van der Waals surface area contributed by atoms with Crippen LogP contribution in [0.4, 0.5) is 0 Å². The summed E-state index contributed by atoms with van der Waals surface area (Å²) in [5.41, 5.74) is 2.27. The van der Waals surface area contributed by atoms with Gasteiger partial charge >= 0.3 is 13.1 Å². The van der Waals surface area contributed by atoms with Gasteiger partial charge in [-0.25, -0.2) is 0 Å². The van der Waals surface area contributed by atoms with Crippen LogP contribution in [-0.4, -0.2) is 24.3 Å². The summed E-state index contributed by atoms with van der Waals surface area (Å²) >= 11 is 0. The minimum Gasteiger partial charge on any atom is -0.461 e. The zero-order chi connectivity index (χ0) is 15.8. The Morgan fingerprint density at radius 3 is 2.29 bits per heavy atom. The quantitative estimate of drug-likeness (QED) is 0.633. The highest BCUT2D eigenvalue weighted by molar-refractivity contribution is 6.62. The van der Waals surface area contributed by atoms with Crippen LogP contribution in [0, 0.1) is 6.92 Å². The Labute approximate surface area is 126 Å².